The molecule has 2 heteroatoms. The molecule has 18 heavy (non-hydrogen) atoms. The molecule has 1 aromatic carbocycles. The first-order valence-electron chi connectivity index (χ1n) is 6.70. The Kier molecular flexibility index (Phi) is 6.85. The van der Waals surface area contributed by atoms with Crippen molar-refractivity contribution in [3.63, 3.8) is 0 Å². The van der Waals surface area contributed by atoms with E-state index >= 15 is 0 Å². The Labute approximate surface area is 110 Å². The second kappa shape index (κ2) is 8.51. The summed E-state index contributed by atoms with van der Waals surface area (Å²) >= 11 is 0. The van der Waals surface area contributed by atoms with Gasteiger partial charge in [0.25, 0.3) is 0 Å². The second-order valence-corrected chi connectivity index (χ2v) is 4.58. The number of nitrogens with one attached hydrogen (secondary N) is 1. The Morgan fingerprint density at radius 2 is 2.11 bits per heavy atom. The fraction of sp³-hybridized carbons (Fsp3) is 0.438. The Morgan fingerprint density at radius 3 is 2.72 bits per heavy atom. The normalized spacial score (nSPS) is 11.8. The number of hydrogen-bond acceptors (Lipinski definition) is 1. The van der Waals surface area contributed by atoms with Gasteiger partial charge in [0.2, 0.25) is 5.91 Å². The predicted octanol–water partition coefficient (Wildman–Crippen LogP) is 3.48. The van der Waals surface area contributed by atoms with Gasteiger partial charge in [0, 0.05) is 12.5 Å². The lowest BCUT2D eigenvalue weighted by atomic mass is 10.0. The van der Waals surface area contributed by atoms with Gasteiger partial charge in [-0.15, -0.1) is 6.58 Å². The molecule has 0 aliphatic heterocycles. The first-order valence-corrected chi connectivity index (χ1v) is 6.70. The van der Waals surface area contributed by atoms with E-state index < -0.39 is 0 Å². The summed E-state index contributed by atoms with van der Waals surface area (Å²) in [4.78, 5) is 11.7. The van der Waals surface area contributed by atoms with E-state index in [0.717, 1.165) is 25.7 Å². The van der Waals surface area contributed by atoms with Gasteiger partial charge >= 0.3 is 0 Å². The first-order chi connectivity index (χ1) is 8.76. The van der Waals surface area contributed by atoms with E-state index in [9.17, 15) is 4.79 Å². The summed E-state index contributed by atoms with van der Waals surface area (Å²) in [5.41, 5.74) is 1.25. The molecule has 0 saturated heterocycles. The van der Waals surface area contributed by atoms with Crippen LogP contribution in [0.3, 0.4) is 0 Å². The molecule has 1 rings (SSSR count). The van der Waals surface area contributed by atoms with Crippen molar-refractivity contribution in [2.75, 3.05) is 0 Å². The second-order valence-electron chi connectivity index (χ2n) is 4.58. The number of unbranched alkanes of at least 4 members (excludes halogenated alkanes) is 1. The lowest BCUT2D eigenvalue weighted by Crippen LogP contribution is -2.35. The molecule has 0 radical (unpaired) electrons. The molecule has 0 aromatic heterocycles. The summed E-state index contributed by atoms with van der Waals surface area (Å²) in [6.07, 6.45) is 6.18. The van der Waals surface area contributed by atoms with Gasteiger partial charge in [-0.2, -0.15) is 0 Å². The number of rotatable bonds is 8. The molecule has 0 fully saturated rings. The predicted molar refractivity (Wildman–Crippen MR) is 76.4 cm³/mol. The van der Waals surface area contributed by atoms with Gasteiger partial charge in [0.15, 0.2) is 0 Å². The average Bonchev–Trinajstić information content (AvgIpc) is 2.38. The molecule has 0 heterocycles. The third-order valence-corrected chi connectivity index (χ3v) is 2.90. The van der Waals surface area contributed by atoms with Crippen LogP contribution in [0.4, 0.5) is 0 Å². The minimum atomic E-state index is 0.152. The van der Waals surface area contributed by atoms with Gasteiger partial charge in [-0.1, -0.05) is 49.8 Å². The van der Waals surface area contributed by atoms with Crippen LogP contribution in [0.15, 0.2) is 43.0 Å². The van der Waals surface area contributed by atoms with Crippen LogP contribution in [-0.2, 0) is 11.2 Å². The Bertz CT molecular complexity index is 359. The highest BCUT2D eigenvalue weighted by Crippen LogP contribution is 2.07. The van der Waals surface area contributed by atoms with Crippen LogP contribution in [0.25, 0.3) is 0 Å². The molecule has 0 aliphatic rings. The highest BCUT2D eigenvalue weighted by molar-refractivity contribution is 5.76. The summed E-state index contributed by atoms with van der Waals surface area (Å²) in [5, 5.41) is 3.09. The maximum absolute atomic E-state index is 11.7. The van der Waals surface area contributed by atoms with Crippen LogP contribution in [0.1, 0.15) is 38.2 Å². The van der Waals surface area contributed by atoms with E-state index in [-0.39, 0.29) is 11.9 Å². The SMILES string of the molecule is C=CC[C@@H](Cc1ccccc1)NC(=O)CCCC. The van der Waals surface area contributed by atoms with E-state index in [1.165, 1.54) is 5.56 Å². The monoisotopic (exact) mass is 245 g/mol. The van der Waals surface area contributed by atoms with E-state index in [1.54, 1.807) is 0 Å². The van der Waals surface area contributed by atoms with Crippen molar-refractivity contribution in [3.8, 4) is 0 Å². The van der Waals surface area contributed by atoms with E-state index in [4.69, 9.17) is 0 Å². The Hall–Kier alpha value is -1.57. The lowest BCUT2D eigenvalue weighted by molar-refractivity contribution is -0.121. The summed E-state index contributed by atoms with van der Waals surface area (Å²) in [5.74, 6) is 0.152. The molecule has 0 aliphatic carbocycles. The highest BCUT2D eigenvalue weighted by atomic mass is 16.1. The van der Waals surface area contributed by atoms with Crippen LogP contribution < -0.4 is 5.32 Å². The van der Waals surface area contributed by atoms with Crippen LogP contribution in [0.2, 0.25) is 0 Å². The number of carbonyl (C=O) groups is 1. The maximum atomic E-state index is 11.7. The van der Waals surface area contributed by atoms with Gasteiger partial charge in [0.05, 0.1) is 0 Å². The molecule has 0 spiro atoms. The van der Waals surface area contributed by atoms with E-state index in [0.29, 0.717) is 6.42 Å². The van der Waals surface area contributed by atoms with Crippen molar-refractivity contribution in [2.24, 2.45) is 0 Å². The zero-order chi connectivity index (χ0) is 13.2. The summed E-state index contributed by atoms with van der Waals surface area (Å²) < 4.78 is 0. The largest absolute Gasteiger partial charge is 0.353 e. The summed E-state index contributed by atoms with van der Waals surface area (Å²) in [6, 6.07) is 10.4. The van der Waals surface area contributed by atoms with Crippen molar-refractivity contribution in [1.29, 1.82) is 0 Å². The van der Waals surface area contributed by atoms with Gasteiger partial charge < -0.3 is 5.32 Å². The van der Waals surface area contributed by atoms with Gasteiger partial charge in [0.1, 0.15) is 0 Å². The molecule has 2 nitrogen and oxygen atoms in total. The van der Waals surface area contributed by atoms with E-state index in [2.05, 4.69) is 31.0 Å². The molecule has 0 bridgehead atoms. The van der Waals surface area contributed by atoms with Crippen molar-refractivity contribution in [1.82, 2.24) is 5.32 Å². The minimum absolute atomic E-state index is 0.152. The quantitative estimate of drug-likeness (QED) is 0.698. The van der Waals surface area contributed by atoms with Crippen LogP contribution in [0.5, 0.6) is 0 Å². The fourth-order valence-corrected chi connectivity index (χ4v) is 1.93. The fourth-order valence-electron chi connectivity index (χ4n) is 1.93. The summed E-state index contributed by atoms with van der Waals surface area (Å²) in [6.45, 7) is 5.86. The smallest absolute Gasteiger partial charge is 0.220 e. The molecule has 98 valence electrons. The Balaban J connectivity index is 2.49. The van der Waals surface area contributed by atoms with Crippen LogP contribution in [-0.4, -0.2) is 11.9 Å². The zero-order valence-corrected chi connectivity index (χ0v) is 11.2. The topological polar surface area (TPSA) is 29.1 Å². The van der Waals surface area contributed by atoms with Crippen LogP contribution in [0, 0.1) is 0 Å². The number of benzene rings is 1. The molecule has 1 aromatic rings. The van der Waals surface area contributed by atoms with Crippen molar-refractivity contribution in [2.45, 2.75) is 45.1 Å². The number of carbonyl (C=O) groups excluding carboxylic acids is 1. The molecule has 1 amide bonds. The molecular weight excluding hydrogens is 222 g/mol. The third kappa shape index (κ3) is 5.67. The minimum Gasteiger partial charge on any atom is -0.353 e. The average molecular weight is 245 g/mol. The maximum Gasteiger partial charge on any atom is 0.220 e. The molecule has 1 N–H and O–H groups in total. The molecule has 1 atom stereocenters. The first kappa shape index (κ1) is 14.5. The summed E-state index contributed by atoms with van der Waals surface area (Å²) in [7, 11) is 0. The lowest BCUT2D eigenvalue weighted by Gasteiger charge is -2.17. The number of hydrogen-bond donors (Lipinski definition) is 1. The number of amides is 1. The highest BCUT2D eigenvalue weighted by Gasteiger charge is 2.11. The van der Waals surface area contributed by atoms with Crippen molar-refractivity contribution in [3.05, 3.63) is 48.6 Å². The molecule has 0 unspecified atom stereocenters. The van der Waals surface area contributed by atoms with Gasteiger partial charge in [-0.25, -0.2) is 0 Å². The molecular formula is C16H23NO. The van der Waals surface area contributed by atoms with Crippen molar-refractivity contribution < 1.29 is 4.79 Å². The zero-order valence-electron chi connectivity index (χ0n) is 11.2. The van der Waals surface area contributed by atoms with Crippen LogP contribution >= 0.6 is 0 Å². The van der Waals surface area contributed by atoms with E-state index in [1.807, 2.05) is 24.3 Å². The Morgan fingerprint density at radius 1 is 1.39 bits per heavy atom. The van der Waals surface area contributed by atoms with Gasteiger partial charge in [-0.3, -0.25) is 4.79 Å². The van der Waals surface area contributed by atoms with Gasteiger partial charge in [-0.05, 0) is 24.8 Å². The standard InChI is InChI=1S/C16H23NO/c1-3-5-12-16(18)17-15(9-4-2)13-14-10-7-6-8-11-14/h4,6-8,10-11,15H,2-3,5,9,12-13H2,1H3,(H,17,18)/t15-/m0/s1. The third-order valence-electron chi connectivity index (χ3n) is 2.90. The molecule has 0 saturated carbocycles. The van der Waals surface area contributed by atoms with Crippen molar-refractivity contribution >= 4 is 5.91 Å².